The molecule has 0 atom stereocenters. The van der Waals surface area contributed by atoms with Crippen LogP contribution < -0.4 is 0 Å². The molecule has 20 heavy (non-hydrogen) atoms. The van der Waals surface area contributed by atoms with E-state index < -0.39 is 5.97 Å². The Bertz CT molecular complexity index is 666. The first-order valence-electron chi connectivity index (χ1n) is 6.49. The summed E-state index contributed by atoms with van der Waals surface area (Å²) in [4.78, 5) is 11.3. The van der Waals surface area contributed by atoms with Crippen molar-refractivity contribution < 1.29 is 9.90 Å². The highest BCUT2D eigenvalue weighted by molar-refractivity contribution is 5.87. The van der Waals surface area contributed by atoms with E-state index in [4.69, 9.17) is 0 Å². The lowest BCUT2D eigenvalue weighted by Gasteiger charge is -2.21. The van der Waals surface area contributed by atoms with Gasteiger partial charge >= 0.3 is 5.97 Å². The topological polar surface area (TPSA) is 68.0 Å². The van der Waals surface area contributed by atoms with Gasteiger partial charge in [-0.3, -0.25) is 0 Å². The van der Waals surface area contributed by atoms with Crippen molar-refractivity contribution >= 4 is 5.97 Å². The molecule has 0 amide bonds. The van der Waals surface area contributed by atoms with Crippen LogP contribution in [0.5, 0.6) is 0 Å². The Morgan fingerprint density at radius 1 is 1.25 bits per heavy atom. The van der Waals surface area contributed by atoms with Crippen LogP contribution >= 0.6 is 0 Å². The van der Waals surface area contributed by atoms with Crippen LogP contribution in [-0.4, -0.2) is 26.1 Å². The van der Waals surface area contributed by atoms with E-state index in [1.807, 2.05) is 52.8 Å². The van der Waals surface area contributed by atoms with E-state index in [1.165, 1.54) is 0 Å². The van der Waals surface area contributed by atoms with E-state index in [1.54, 1.807) is 4.68 Å². The van der Waals surface area contributed by atoms with Crippen LogP contribution in [0.3, 0.4) is 0 Å². The van der Waals surface area contributed by atoms with Crippen molar-refractivity contribution in [2.45, 2.75) is 40.0 Å². The Kier molecular flexibility index (Phi) is 3.38. The minimum atomic E-state index is -1.05. The van der Waals surface area contributed by atoms with Crippen LogP contribution in [0.4, 0.5) is 0 Å². The van der Waals surface area contributed by atoms with E-state index in [9.17, 15) is 9.90 Å². The number of carboxylic acids is 1. The first-order chi connectivity index (χ1) is 9.23. The summed E-state index contributed by atoms with van der Waals surface area (Å²) in [6.45, 7) is 9.89. The molecule has 0 saturated heterocycles. The van der Waals surface area contributed by atoms with Crippen molar-refractivity contribution in [3.63, 3.8) is 0 Å². The number of nitrogens with zero attached hydrogens (tertiary/aromatic N) is 3. The van der Waals surface area contributed by atoms with Crippen LogP contribution in [0.2, 0.25) is 0 Å². The third kappa shape index (κ3) is 2.31. The predicted octanol–water partition coefficient (Wildman–Crippen LogP) is 2.88. The normalized spacial score (nSPS) is 11.7. The Morgan fingerprint density at radius 2 is 1.90 bits per heavy atom. The fourth-order valence-corrected chi connectivity index (χ4v) is 2.23. The number of carboxylic acid groups (broad SMARTS) is 1. The summed E-state index contributed by atoms with van der Waals surface area (Å²) in [6, 6.07) is 5.88. The second-order valence-corrected chi connectivity index (χ2v) is 5.97. The first-order valence-corrected chi connectivity index (χ1v) is 6.49. The Labute approximate surface area is 118 Å². The van der Waals surface area contributed by atoms with Crippen molar-refractivity contribution in [3.8, 4) is 5.69 Å². The molecular formula is C15H19N3O2. The number of hydrogen-bond acceptors (Lipinski definition) is 3. The maximum atomic E-state index is 11.3. The molecule has 0 aliphatic carbocycles. The van der Waals surface area contributed by atoms with Gasteiger partial charge < -0.3 is 5.11 Å². The van der Waals surface area contributed by atoms with Crippen LogP contribution in [0.25, 0.3) is 5.69 Å². The first kappa shape index (κ1) is 14.2. The lowest BCUT2D eigenvalue weighted by Crippen LogP contribution is -2.21. The van der Waals surface area contributed by atoms with E-state index >= 15 is 0 Å². The highest BCUT2D eigenvalue weighted by atomic mass is 16.4. The molecule has 0 saturated carbocycles. The summed E-state index contributed by atoms with van der Waals surface area (Å²) in [5, 5.41) is 17.2. The van der Waals surface area contributed by atoms with Crippen molar-refractivity contribution in [1.29, 1.82) is 0 Å². The van der Waals surface area contributed by atoms with Gasteiger partial charge in [0.1, 0.15) is 0 Å². The summed E-state index contributed by atoms with van der Waals surface area (Å²) >= 11 is 0. The molecule has 0 radical (unpaired) electrons. The van der Waals surface area contributed by atoms with Crippen molar-refractivity contribution in [2.24, 2.45) is 0 Å². The monoisotopic (exact) mass is 273 g/mol. The lowest BCUT2D eigenvalue weighted by atomic mass is 9.90. The Balaban J connectivity index is 2.76. The zero-order chi connectivity index (χ0) is 15.1. The maximum absolute atomic E-state index is 11.3. The van der Waals surface area contributed by atoms with Gasteiger partial charge in [0, 0.05) is 5.41 Å². The van der Waals surface area contributed by atoms with E-state index in [0.29, 0.717) is 5.69 Å². The minimum absolute atomic E-state index is 0.0124. The molecule has 0 fully saturated rings. The molecule has 1 aromatic carbocycles. The zero-order valence-corrected chi connectivity index (χ0v) is 12.4. The van der Waals surface area contributed by atoms with E-state index in [-0.39, 0.29) is 11.1 Å². The van der Waals surface area contributed by atoms with Crippen LogP contribution in [0.15, 0.2) is 18.2 Å². The number of aromatic carboxylic acids is 1. The number of aromatic nitrogens is 3. The van der Waals surface area contributed by atoms with Gasteiger partial charge in [0.15, 0.2) is 5.69 Å². The van der Waals surface area contributed by atoms with Crippen molar-refractivity contribution in [2.75, 3.05) is 0 Å². The molecule has 0 aliphatic heterocycles. The predicted molar refractivity (Wildman–Crippen MR) is 76.5 cm³/mol. The number of hydrogen-bond donors (Lipinski definition) is 1. The van der Waals surface area contributed by atoms with Gasteiger partial charge in [-0.25, -0.2) is 9.48 Å². The summed E-state index contributed by atoms with van der Waals surface area (Å²) in [7, 11) is 0. The fraction of sp³-hybridized carbons (Fsp3) is 0.400. The van der Waals surface area contributed by atoms with Gasteiger partial charge in [0.2, 0.25) is 0 Å². The largest absolute Gasteiger partial charge is 0.476 e. The molecule has 106 valence electrons. The van der Waals surface area contributed by atoms with Crippen molar-refractivity contribution in [1.82, 2.24) is 15.0 Å². The number of aryl methyl sites for hydroxylation is 1. The summed E-state index contributed by atoms with van der Waals surface area (Å²) in [5.74, 6) is -1.05. The van der Waals surface area contributed by atoms with Crippen LogP contribution in [0.1, 0.15) is 48.1 Å². The molecule has 0 aliphatic rings. The molecular weight excluding hydrogens is 254 g/mol. The highest BCUT2D eigenvalue weighted by Crippen LogP contribution is 2.28. The second kappa shape index (κ2) is 4.74. The van der Waals surface area contributed by atoms with Crippen LogP contribution in [-0.2, 0) is 5.41 Å². The Morgan fingerprint density at radius 3 is 2.45 bits per heavy atom. The fourth-order valence-electron chi connectivity index (χ4n) is 2.23. The second-order valence-electron chi connectivity index (χ2n) is 5.97. The van der Waals surface area contributed by atoms with Gasteiger partial charge in [-0.2, -0.15) is 0 Å². The third-order valence-corrected chi connectivity index (χ3v) is 3.39. The maximum Gasteiger partial charge on any atom is 0.358 e. The number of rotatable bonds is 2. The Hall–Kier alpha value is -2.17. The summed E-state index contributed by atoms with van der Waals surface area (Å²) in [6.07, 6.45) is 0. The highest BCUT2D eigenvalue weighted by Gasteiger charge is 2.30. The van der Waals surface area contributed by atoms with E-state index in [0.717, 1.165) is 16.8 Å². The van der Waals surface area contributed by atoms with Crippen molar-refractivity contribution in [3.05, 3.63) is 40.7 Å². The molecule has 1 aromatic heterocycles. The smallest absolute Gasteiger partial charge is 0.358 e. The average molecular weight is 273 g/mol. The molecule has 2 aromatic rings. The summed E-state index contributed by atoms with van der Waals surface area (Å²) < 4.78 is 1.64. The molecule has 0 bridgehead atoms. The third-order valence-electron chi connectivity index (χ3n) is 3.39. The standard InChI is InChI=1S/C15H19N3O2/c1-9-7-6-8-11(10(9)2)18-13(15(3,4)5)12(14(19)20)16-17-18/h6-8H,1-5H3,(H,19,20). The van der Waals surface area contributed by atoms with Gasteiger partial charge in [0.25, 0.3) is 0 Å². The molecule has 0 unspecified atom stereocenters. The minimum Gasteiger partial charge on any atom is -0.476 e. The SMILES string of the molecule is Cc1cccc(-n2nnc(C(=O)O)c2C(C)(C)C)c1C. The molecule has 5 nitrogen and oxygen atoms in total. The molecule has 1 N–H and O–H groups in total. The van der Waals surface area contributed by atoms with Gasteiger partial charge in [-0.05, 0) is 31.0 Å². The molecule has 0 spiro atoms. The van der Waals surface area contributed by atoms with Gasteiger partial charge in [-0.15, -0.1) is 5.10 Å². The lowest BCUT2D eigenvalue weighted by molar-refractivity contribution is 0.0687. The van der Waals surface area contributed by atoms with Crippen LogP contribution in [0, 0.1) is 13.8 Å². The molecule has 5 heteroatoms. The number of benzene rings is 1. The quantitative estimate of drug-likeness (QED) is 0.913. The molecule has 1 heterocycles. The number of carbonyl (C=O) groups is 1. The average Bonchev–Trinajstić information content (AvgIpc) is 2.77. The zero-order valence-electron chi connectivity index (χ0n) is 12.4. The van der Waals surface area contributed by atoms with Gasteiger partial charge in [0.05, 0.1) is 11.4 Å². The van der Waals surface area contributed by atoms with Gasteiger partial charge in [-0.1, -0.05) is 38.1 Å². The molecule has 2 rings (SSSR count). The summed E-state index contributed by atoms with van der Waals surface area (Å²) in [5.41, 5.74) is 3.33. The van der Waals surface area contributed by atoms with E-state index in [2.05, 4.69) is 10.3 Å².